The highest BCUT2D eigenvalue weighted by Gasteiger charge is 2.19. The van der Waals surface area contributed by atoms with E-state index in [0.29, 0.717) is 6.61 Å². The molecule has 0 spiro atoms. The van der Waals surface area contributed by atoms with E-state index in [4.69, 9.17) is 15.2 Å². The zero-order valence-electron chi connectivity index (χ0n) is 20.4. The van der Waals surface area contributed by atoms with Gasteiger partial charge in [-0.3, -0.25) is 10.2 Å². The topological polar surface area (TPSA) is 84.4 Å². The number of ether oxygens (including phenoxy) is 2. The van der Waals surface area contributed by atoms with Crippen molar-refractivity contribution in [2.24, 2.45) is 5.73 Å². The van der Waals surface area contributed by atoms with Gasteiger partial charge >= 0.3 is 12.1 Å². The van der Waals surface area contributed by atoms with Gasteiger partial charge in [0.1, 0.15) is 5.56 Å². The molecule has 0 radical (unpaired) electrons. The number of carbonyl (C=O) groups excluding carboxylic acids is 1. The largest absolute Gasteiger partial charge is 0.490 e. The van der Waals surface area contributed by atoms with Crippen LogP contribution in [0.25, 0.3) is 14.9 Å². The Morgan fingerprint density at radius 1 is 1.03 bits per heavy atom. The van der Waals surface area contributed by atoms with Crippen molar-refractivity contribution in [3.63, 3.8) is 0 Å². The molecule has 0 saturated carbocycles. The van der Waals surface area contributed by atoms with Crippen LogP contribution in [-0.4, -0.2) is 63.4 Å². The number of amides is 2. The Kier molecular flexibility index (Phi) is 7.74. The summed E-state index contributed by atoms with van der Waals surface area (Å²) in [6.45, 7) is 7.48. The van der Waals surface area contributed by atoms with Gasteiger partial charge in [-0.25, -0.2) is 4.79 Å². The van der Waals surface area contributed by atoms with Crippen molar-refractivity contribution >= 4 is 38.1 Å². The number of piperazine rings is 1. The lowest BCUT2D eigenvalue weighted by atomic mass is 10.2. The van der Waals surface area contributed by atoms with Gasteiger partial charge in [-0.2, -0.15) is 0 Å². The second-order valence-corrected chi connectivity index (χ2v) is 10.1. The summed E-state index contributed by atoms with van der Waals surface area (Å²) in [5.41, 5.74) is 7.35. The lowest BCUT2D eigenvalue weighted by Crippen LogP contribution is -2.46. The lowest BCUT2D eigenvalue weighted by molar-refractivity contribution is 0.254. The summed E-state index contributed by atoms with van der Waals surface area (Å²) in [4.78, 5) is 20.5. The van der Waals surface area contributed by atoms with Gasteiger partial charge < -0.3 is 20.1 Å². The number of unbranched alkanes of at least 4 members (excludes halogenated alkanes) is 1. The van der Waals surface area contributed by atoms with Crippen molar-refractivity contribution in [2.45, 2.75) is 19.3 Å². The van der Waals surface area contributed by atoms with Crippen LogP contribution in [0.3, 0.4) is 0 Å². The number of nitrogens with two attached hydrogens (primary N) is 1. The fourth-order valence-corrected chi connectivity index (χ4v) is 5.49. The van der Waals surface area contributed by atoms with Crippen LogP contribution in [0.15, 0.2) is 42.5 Å². The van der Waals surface area contributed by atoms with Gasteiger partial charge in [0.2, 0.25) is 0 Å². The predicted octanol–water partition coefficient (Wildman–Crippen LogP) is 4.84. The van der Waals surface area contributed by atoms with E-state index >= 15 is 0 Å². The van der Waals surface area contributed by atoms with Crippen LogP contribution in [0, 0.1) is 6.07 Å². The van der Waals surface area contributed by atoms with E-state index in [1.54, 1.807) is 0 Å². The number of rotatable bonds is 6. The number of fused-ring (bicyclic) bond motifs is 2. The molecule has 0 bridgehead atoms. The molecule has 5 rings (SSSR count). The van der Waals surface area contributed by atoms with E-state index in [2.05, 4.69) is 38.2 Å². The molecule has 1 saturated heterocycles. The summed E-state index contributed by atoms with van der Waals surface area (Å²) in [5.74, 6) is 1.72. The number of primary amides is 1. The van der Waals surface area contributed by atoms with Crippen molar-refractivity contribution in [2.75, 3.05) is 62.7 Å². The maximum absolute atomic E-state index is 11.0. The van der Waals surface area contributed by atoms with Gasteiger partial charge in [-0.05, 0) is 54.8 Å². The van der Waals surface area contributed by atoms with E-state index in [0.717, 1.165) is 97.3 Å². The van der Waals surface area contributed by atoms with E-state index in [9.17, 15) is 4.79 Å². The van der Waals surface area contributed by atoms with Crippen molar-refractivity contribution in [3.05, 3.63) is 52.9 Å². The van der Waals surface area contributed by atoms with Crippen molar-refractivity contribution < 1.29 is 14.3 Å². The Labute approximate surface area is 215 Å². The van der Waals surface area contributed by atoms with Crippen LogP contribution < -0.4 is 25.4 Å². The molecule has 8 nitrogen and oxygen atoms in total. The highest BCUT2D eigenvalue weighted by Crippen LogP contribution is 2.34. The first-order valence-corrected chi connectivity index (χ1v) is 13.4. The maximum atomic E-state index is 11.0. The fourth-order valence-electron chi connectivity index (χ4n) is 4.55. The Bertz CT molecular complexity index is 1270. The molecule has 9 heteroatoms. The number of benzene rings is 2. The van der Waals surface area contributed by atoms with Crippen LogP contribution in [-0.2, 0) is 0 Å². The number of nitrogens with zero attached hydrogens (tertiary/aromatic N) is 3. The van der Waals surface area contributed by atoms with Crippen LogP contribution in [0.5, 0.6) is 11.5 Å². The average molecular weight is 507 g/mol. The standard InChI is InChI=1S/C27H31N5O3S/c28-27(33)30-26-17-21-16-20(4-7-25(21)36-26)19-29-8-1-2-9-31-10-12-32(13-11-31)22-5-6-23-24(18-22)35-15-3-14-34-23/h4-7,16-18H,1-3,8-15H2,(H2-,28,30,33)/p+1. The zero-order chi connectivity index (χ0) is 24.7. The van der Waals surface area contributed by atoms with Gasteiger partial charge in [0.15, 0.2) is 11.5 Å². The third-order valence-electron chi connectivity index (χ3n) is 6.43. The second-order valence-electron chi connectivity index (χ2n) is 9.06. The van der Waals surface area contributed by atoms with Gasteiger partial charge in [0.25, 0.3) is 6.54 Å². The quantitative estimate of drug-likeness (QED) is 0.468. The van der Waals surface area contributed by atoms with Gasteiger partial charge in [-0.15, -0.1) is 11.3 Å². The molecule has 188 valence electrons. The zero-order valence-corrected chi connectivity index (χ0v) is 21.2. The number of thiophene rings is 1. The minimum Gasteiger partial charge on any atom is -0.490 e. The van der Waals surface area contributed by atoms with Crippen molar-refractivity contribution in [1.29, 1.82) is 0 Å². The normalized spacial score (nSPS) is 15.7. The minimum absolute atomic E-state index is 0.549. The predicted molar refractivity (Wildman–Crippen MR) is 146 cm³/mol. The monoisotopic (exact) mass is 506 g/mol. The number of urea groups is 1. The van der Waals surface area contributed by atoms with Crippen LogP contribution >= 0.6 is 11.3 Å². The van der Waals surface area contributed by atoms with Crippen LogP contribution in [0.1, 0.15) is 24.8 Å². The van der Waals surface area contributed by atoms with Crippen molar-refractivity contribution in [3.8, 4) is 17.6 Å². The Hall–Kier alpha value is -3.48. The first-order valence-electron chi connectivity index (χ1n) is 12.5. The SMILES string of the molecule is NC(=O)Nc1cc2cc(C#[N+]CCCCN3CCN(c4ccc5c(c4)OCCCO5)CC3)ccc2s1. The summed E-state index contributed by atoms with van der Waals surface area (Å²) >= 11 is 1.50. The molecule has 1 fully saturated rings. The first-order chi connectivity index (χ1) is 17.6. The fraction of sp³-hybridized carbons (Fsp3) is 0.407. The molecule has 3 N–H and O–H groups in total. The van der Waals surface area contributed by atoms with Gasteiger partial charge in [-0.1, -0.05) is 4.85 Å². The summed E-state index contributed by atoms with van der Waals surface area (Å²) in [6.07, 6.45) is 3.10. The van der Waals surface area contributed by atoms with E-state index in [-0.39, 0.29) is 0 Å². The Morgan fingerprint density at radius 2 is 1.86 bits per heavy atom. The molecule has 3 heterocycles. The molecule has 2 amide bonds. The molecule has 1 aromatic heterocycles. The number of nitrogens with one attached hydrogen (secondary N) is 1. The molecule has 36 heavy (non-hydrogen) atoms. The number of anilines is 2. The van der Waals surface area contributed by atoms with Gasteiger partial charge in [0, 0.05) is 55.5 Å². The summed E-state index contributed by atoms with van der Waals surface area (Å²) in [6, 6.07) is 16.9. The third-order valence-corrected chi connectivity index (χ3v) is 7.47. The maximum Gasteiger partial charge on any atom is 0.317 e. The molecule has 0 aliphatic carbocycles. The van der Waals surface area contributed by atoms with Gasteiger partial charge in [0.05, 0.1) is 18.2 Å². The number of carbonyl (C=O) groups is 1. The summed E-state index contributed by atoms with van der Waals surface area (Å²) in [7, 11) is 0. The smallest absolute Gasteiger partial charge is 0.317 e. The lowest BCUT2D eigenvalue weighted by Gasteiger charge is -2.36. The highest BCUT2D eigenvalue weighted by molar-refractivity contribution is 7.22. The van der Waals surface area contributed by atoms with Crippen LogP contribution in [0.2, 0.25) is 0 Å². The van der Waals surface area contributed by atoms with E-state index in [1.807, 2.05) is 30.3 Å². The second kappa shape index (κ2) is 11.5. The molecule has 0 atom stereocenters. The third kappa shape index (κ3) is 6.20. The Balaban J connectivity index is 1.03. The molecular weight excluding hydrogens is 474 g/mol. The molecule has 0 unspecified atom stereocenters. The minimum atomic E-state index is -0.549. The van der Waals surface area contributed by atoms with E-state index < -0.39 is 6.03 Å². The average Bonchev–Trinajstić information content (AvgIpc) is 3.11. The molecule has 2 aromatic carbocycles. The van der Waals surface area contributed by atoms with Crippen LogP contribution in [0.4, 0.5) is 15.5 Å². The molecule has 2 aliphatic rings. The highest BCUT2D eigenvalue weighted by atomic mass is 32.1. The molecule has 2 aliphatic heterocycles. The summed E-state index contributed by atoms with van der Waals surface area (Å²) in [5, 5.41) is 4.42. The first kappa shape index (κ1) is 24.2. The number of hydrogen-bond acceptors (Lipinski definition) is 6. The molecule has 3 aromatic rings. The molecular formula is C27H32N5O3S+. The summed E-state index contributed by atoms with van der Waals surface area (Å²) < 4.78 is 12.7. The van der Waals surface area contributed by atoms with Crippen molar-refractivity contribution in [1.82, 2.24) is 4.90 Å². The van der Waals surface area contributed by atoms with E-state index in [1.165, 1.54) is 17.0 Å². The Morgan fingerprint density at radius 3 is 2.69 bits per heavy atom. The number of hydrogen-bond donors (Lipinski definition) is 2.